The second kappa shape index (κ2) is 10.6. The summed E-state index contributed by atoms with van der Waals surface area (Å²) in [5.74, 6) is 1.02. The summed E-state index contributed by atoms with van der Waals surface area (Å²) >= 11 is 1.22. The first-order chi connectivity index (χ1) is 18.0. The number of carbonyl (C=O) groups excluding carboxylic acids is 1. The van der Waals surface area contributed by atoms with Crippen LogP contribution in [0.3, 0.4) is 0 Å². The molecule has 1 aliphatic carbocycles. The summed E-state index contributed by atoms with van der Waals surface area (Å²) in [6.45, 7) is 1.98. The zero-order chi connectivity index (χ0) is 25.9. The van der Waals surface area contributed by atoms with E-state index in [1.54, 1.807) is 25.7 Å². The van der Waals surface area contributed by atoms with Gasteiger partial charge in [0.1, 0.15) is 16.0 Å². The van der Waals surface area contributed by atoms with Crippen molar-refractivity contribution in [3.8, 4) is 11.5 Å². The Balaban J connectivity index is 1.70. The molecule has 0 N–H and O–H groups in total. The third-order valence-electron chi connectivity index (χ3n) is 6.56. The number of aromatic nitrogens is 1. The molecule has 0 unspecified atom stereocenters. The highest BCUT2D eigenvalue weighted by Gasteiger charge is 2.32. The van der Waals surface area contributed by atoms with Gasteiger partial charge in [0.2, 0.25) is 0 Å². The SMILES string of the molecule is CCOC(=O)/C=c1\sc2n(c1=O)[C@H](c1ccc(OC)cc1)C1=C(N=2)/C(=C/c2ccc(OC)cc2)CCC1. The van der Waals surface area contributed by atoms with Crippen molar-refractivity contribution in [2.24, 2.45) is 4.99 Å². The molecular weight excluding hydrogens is 488 g/mol. The van der Waals surface area contributed by atoms with Gasteiger partial charge in [-0.25, -0.2) is 9.79 Å². The van der Waals surface area contributed by atoms with E-state index in [4.69, 9.17) is 19.2 Å². The molecule has 37 heavy (non-hydrogen) atoms. The van der Waals surface area contributed by atoms with Gasteiger partial charge in [0.15, 0.2) is 4.80 Å². The van der Waals surface area contributed by atoms with Crippen molar-refractivity contribution in [1.82, 2.24) is 4.57 Å². The number of hydrogen-bond acceptors (Lipinski definition) is 7. The molecule has 5 rings (SSSR count). The molecule has 2 aromatic carbocycles. The average molecular weight is 517 g/mol. The number of thiazole rings is 1. The molecule has 2 heterocycles. The molecule has 1 aromatic heterocycles. The number of esters is 1. The minimum absolute atomic E-state index is 0.240. The Morgan fingerprint density at radius 2 is 1.73 bits per heavy atom. The lowest BCUT2D eigenvalue weighted by Crippen LogP contribution is -2.39. The van der Waals surface area contributed by atoms with Crippen LogP contribution in [0.4, 0.5) is 0 Å². The maximum atomic E-state index is 13.6. The van der Waals surface area contributed by atoms with Crippen LogP contribution in [0.15, 0.2) is 75.2 Å². The van der Waals surface area contributed by atoms with E-state index in [1.807, 2.05) is 48.5 Å². The van der Waals surface area contributed by atoms with Gasteiger partial charge in [0.05, 0.1) is 32.6 Å². The minimum atomic E-state index is -0.530. The number of nitrogens with zero attached hydrogens (tertiary/aromatic N) is 2. The quantitative estimate of drug-likeness (QED) is 0.463. The van der Waals surface area contributed by atoms with Crippen LogP contribution in [0.1, 0.15) is 43.4 Å². The van der Waals surface area contributed by atoms with Crippen molar-refractivity contribution >= 4 is 29.5 Å². The summed E-state index contributed by atoms with van der Waals surface area (Å²) in [7, 11) is 3.28. The molecule has 0 fully saturated rings. The average Bonchev–Trinajstić information content (AvgIpc) is 3.22. The Kier molecular flexibility index (Phi) is 7.10. The third kappa shape index (κ3) is 4.89. The second-order valence-corrected chi connectivity index (χ2v) is 9.79. The molecule has 190 valence electrons. The Labute approximate surface area is 218 Å². The summed E-state index contributed by atoms with van der Waals surface area (Å²) in [6, 6.07) is 15.4. The fourth-order valence-corrected chi connectivity index (χ4v) is 5.80. The van der Waals surface area contributed by atoms with Crippen molar-refractivity contribution in [3.05, 3.63) is 96.2 Å². The normalized spacial score (nSPS) is 18.2. The Morgan fingerprint density at radius 3 is 2.38 bits per heavy atom. The summed E-state index contributed by atoms with van der Waals surface area (Å²) in [5.41, 5.74) is 4.95. The first-order valence-corrected chi connectivity index (χ1v) is 13.0. The fourth-order valence-electron chi connectivity index (χ4n) is 4.84. The maximum Gasteiger partial charge on any atom is 0.332 e. The maximum absolute atomic E-state index is 13.6. The highest BCUT2D eigenvalue weighted by Crippen LogP contribution is 2.41. The van der Waals surface area contributed by atoms with Crippen LogP contribution in [0.2, 0.25) is 0 Å². The predicted octanol–water partition coefficient (Wildman–Crippen LogP) is 4.01. The van der Waals surface area contributed by atoms with Crippen LogP contribution in [0.25, 0.3) is 12.2 Å². The molecule has 3 aromatic rings. The number of methoxy groups -OCH3 is 2. The smallest absolute Gasteiger partial charge is 0.332 e. The lowest BCUT2D eigenvalue weighted by molar-refractivity contribution is -0.135. The fraction of sp³-hybridized carbons (Fsp3) is 0.276. The molecule has 0 spiro atoms. The van der Waals surface area contributed by atoms with Gasteiger partial charge in [0.25, 0.3) is 5.56 Å². The van der Waals surface area contributed by atoms with Crippen LogP contribution in [-0.4, -0.2) is 31.4 Å². The minimum Gasteiger partial charge on any atom is -0.497 e. The van der Waals surface area contributed by atoms with E-state index in [9.17, 15) is 9.59 Å². The highest BCUT2D eigenvalue weighted by atomic mass is 32.1. The van der Waals surface area contributed by atoms with Crippen LogP contribution in [0.5, 0.6) is 11.5 Å². The van der Waals surface area contributed by atoms with Crippen molar-refractivity contribution < 1.29 is 19.0 Å². The van der Waals surface area contributed by atoms with Gasteiger partial charge in [-0.15, -0.1) is 0 Å². The van der Waals surface area contributed by atoms with Gasteiger partial charge >= 0.3 is 5.97 Å². The molecule has 2 aliphatic rings. The molecule has 0 bridgehead atoms. The van der Waals surface area contributed by atoms with Crippen LogP contribution >= 0.6 is 11.3 Å². The van der Waals surface area contributed by atoms with E-state index < -0.39 is 5.97 Å². The van der Waals surface area contributed by atoms with E-state index >= 15 is 0 Å². The first kappa shape index (κ1) is 24.8. The molecule has 0 saturated heterocycles. The third-order valence-corrected chi connectivity index (χ3v) is 7.54. The molecule has 7 nitrogen and oxygen atoms in total. The molecule has 1 atom stereocenters. The molecule has 1 aliphatic heterocycles. The molecule has 0 radical (unpaired) electrons. The first-order valence-electron chi connectivity index (χ1n) is 12.2. The number of rotatable bonds is 6. The van der Waals surface area contributed by atoms with Gasteiger partial charge in [-0.2, -0.15) is 0 Å². The van der Waals surface area contributed by atoms with Crippen LogP contribution < -0.4 is 24.4 Å². The molecular formula is C29H28N2O5S. The molecule has 8 heteroatoms. The topological polar surface area (TPSA) is 79.1 Å². The predicted molar refractivity (Wildman–Crippen MR) is 143 cm³/mol. The van der Waals surface area contributed by atoms with E-state index in [0.29, 0.717) is 9.33 Å². The van der Waals surface area contributed by atoms with Crippen molar-refractivity contribution in [2.75, 3.05) is 20.8 Å². The monoisotopic (exact) mass is 516 g/mol. The van der Waals surface area contributed by atoms with Crippen molar-refractivity contribution in [2.45, 2.75) is 32.2 Å². The second-order valence-electron chi connectivity index (χ2n) is 8.78. The summed E-state index contributed by atoms with van der Waals surface area (Å²) < 4.78 is 17.7. The zero-order valence-electron chi connectivity index (χ0n) is 21.0. The van der Waals surface area contributed by atoms with Gasteiger partial charge in [-0.05, 0) is 78.8 Å². The highest BCUT2D eigenvalue weighted by molar-refractivity contribution is 7.07. The van der Waals surface area contributed by atoms with E-state index in [0.717, 1.165) is 58.7 Å². The van der Waals surface area contributed by atoms with Gasteiger partial charge in [0, 0.05) is 6.08 Å². The lowest BCUT2D eigenvalue weighted by atomic mass is 9.84. The number of fused-ring (bicyclic) bond motifs is 1. The summed E-state index contributed by atoms with van der Waals surface area (Å²) in [6.07, 6.45) is 6.11. The standard InChI is InChI=1S/C29H28N2O5S/c1-4-36-25(32)17-24-28(33)31-27(19-10-14-22(35-3)15-11-19)23-7-5-6-20(26(23)30-29(31)37-24)16-18-8-12-21(34-2)13-9-18/h8-17,27H,4-7H2,1-3H3/b20-16+,24-17-/t27-/m1/s1. The number of hydrogen-bond donors (Lipinski definition) is 0. The van der Waals surface area contributed by atoms with Gasteiger partial charge < -0.3 is 14.2 Å². The van der Waals surface area contributed by atoms with E-state index in [1.165, 1.54) is 17.4 Å². The van der Waals surface area contributed by atoms with Gasteiger partial charge in [-0.3, -0.25) is 9.36 Å². The largest absolute Gasteiger partial charge is 0.497 e. The molecule has 0 amide bonds. The van der Waals surface area contributed by atoms with Gasteiger partial charge in [-0.1, -0.05) is 35.6 Å². The molecule has 0 saturated carbocycles. The lowest BCUT2D eigenvalue weighted by Gasteiger charge is -2.31. The number of ether oxygens (including phenoxy) is 3. The number of allylic oxidation sites excluding steroid dienone is 2. The number of carbonyl (C=O) groups is 1. The Bertz CT molecular complexity index is 1560. The Hall–Kier alpha value is -3.91. The number of benzene rings is 2. The van der Waals surface area contributed by atoms with Crippen molar-refractivity contribution in [3.63, 3.8) is 0 Å². The van der Waals surface area contributed by atoms with Crippen LogP contribution in [0, 0.1) is 0 Å². The summed E-state index contributed by atoms with van der Waals surface area (Å²) in [5, 5.41) is 0. The van der Waals surface area contributed by atoms with Crippen molar-refractivity contribution in [1.29, 1.82) is 0 Å². The van der Waals surface area contributed by atoms with E-state index in [2.05, 4.69) is 6.08 Å². The van der Waals surface area contributed by atoms with E-state index in [-0.39, 0.29) is 18.2 Å². The Morgan fingerprint density at radius 1 is 1.05 bits per heavy atom. The van der Waals surface area contributed by atoms with Crippen LogP contribution in [-0.2, 0) is 9.53 Å². The summed E-state index contributed by atoms with van der Waals surface area (Å²) in [4.78, 5) is 31.3. The zero-order valence-corrected chi connectivity index (χ0v) is 21.8.